The lowest BCUT2D eigenvalue weighted by Crippen LogP contribution is -2.42. The van der Waals surface area contributed by atoms with Crippen LogP contribution in [0.5, 0.6) is 0 Å². The molecule has 0 aromatic heterocycles. The third kappa shape index (κ3) is 3.89. The molecule has 1 aromatic carbocycles. The van der Waals surface area contributed by atoms with Gasteiger partial charge in [-0.25, -0.2) is 12.8 Å². The molecule has 2 rings (SSSR count). The molecule has 1 heterocycles. The Kier molecular flexibility index (Phi) is 5.82. The summed E-state index contributed by atoms with van der Waals surface area (Å²) >= 11 is 0. The third-order valence-corrected chi connectivity index (χ3v) is 5.27. The Labute approximate surface area is 131 Å². The van der Waals surface area contributed by atoms with Gasteiger partial charge < -0.3 is 5.73 Å². The van der Waals surface area contributed by atoms with Gasteiger partial charge in [-0.3, -0.25) is 0 Å². The van der Waals surface area contributed by atoms with E-state index in [2.05, 4.69) is 0 Å². The van der Waals surface area contributed by atoms with Crippen molar-refractivity contribution < 1.29 is 26.0 Å². The van der Waals surface area contributed by atoms with E-state index in [9.17, 15) is 26.0 Å². The van der Waals surface area contributed by atoms with E-state index in [0.29, 0.717) is 25.0 Å². The molecule has 1 aliphatic heterocycles. The van der Waals surface area contributed by atoms with Crippen LogP contribution in [0, 0.1) is 5.82 Å². The number of sulfonamides is 1. The molecule has 0 aliphatic carbocycles. The molecule has 1 aliphatic rings. The first-order valence-corrected chi connectivity index (χ1v) is 7.69. The van der Waals surface area contributed by atoms with Crippen LogP contribution in [0.15, 0.2) is 23.1 Å². The minimum Gasteiger partial charge on any atom is -0.328 e. The van der Waals surface area contributed by atoms with Gasteiger partial charge in [0.15, 0.2) is 0 Å². The predicted molar refractivity (Wildman–Crippen MR) is 74.6 cm³/mol. The number of rotatable bonds is 2. The molecule has 0 bridgehead atoms. The fourth-order valence-corrected chi connectivity index (χ4v) is 3.64. The van der Waals surface area contributed by atoms with Crippen molar-refractivity contribution in [2.24, 2.45) is 5.73 Å². The van der Waals surface area contributed by atoms with Gasteiger partial charge in [0, 0.05) is 19.1 Å². The average molecular weight is 363 g/mol. The number of hydrogen-bond acceptors (Lipinski definition) is 3. The highest BCUT2D eigenvalue weighted by Gasteiger charge is 2.36. The van der Waals surface area contributed by atoms with Gasteiger partial charge in [0.2, 0.25) is 10.0 Å². The minimum atomic E-state index is -4.94. The summed E-state index contributed by atoms with van der Waals surface area (Å²) in [6.07, 6.45) is -4.07. The minimum absolute atomic E-state index is 0. The molecule has 1 fully saturated rings. The third-order valence-electron chi connectivity index (χ3n) is 3.38. The zero-order valence-electron chi connectivity index (χ0n) is 11.3. The SMILES string of the molecule is Cl.NC1CCN(S(=O)(=O)c2ccc(F)c(C(F)(F)F)c2)CC1. The van der Waals surface area contributed by atoms with E-state index < -0.39 is 32.5 Å². The van der Waals surface area contributed by atoms with Crippen molar-refractivity contribution in [2.75, 3.05) is 13.1 Å². The number of piperidine rings is 1. The van der Waals surface area contributed by atoms with Crippen LogP contribution in [0.1, 0.15) is 18.4 Å². The fourth-order valence-electron chi connectivity index (χ4n) is 2.15. The van der Waals surface area contributed by atoms with Crippen molar-refractivity contribution in [1.82, 2.24) is 4.31 Å². The second-order valence-corrected chi connectivity index (χ2v) is 6.82. The molecular formula is C12H15ClF4N2O2S. The zero-order valence-corrected chi connectivity index (χ0v) is 12.9. The van der Waals surface area contributed by atoms with Gasteiger partial charge in [0.25, 0.3) is 0 Å². The second-order valence-electron chi connectivity index (χ2n) is 4.88. The van der Waals surface area contributed by atoms with Gasteiger partial charge in [-0.05, 0) is 31.0 Å². The second kappa shape index (κ2) is 6.69. The molecule has 0 radical (unpaired) electrons. The first kappa shape index (κ1) is 19.1. The molecule has 0 atom stereocenters. The van der Waals surface area contributed by atoms with E-state index >= 15 is 0 Å². The van der Waals surface area contributed by atoms with Crippen molar-refractivity contribution in [3.8, 4) is 0 Å². The average Bonchev–Trinajstić information content (AvgIpc) is 2.38. The van der Waals surface area contributed by atoms with Crippen LogP contribution in [0.3, 0.4) is 0 Å². The Morgan fingerprint density at radius 1 is 1.18 bits per heavy atom. The van der Waals surface area contributed by atoms with Gasteiger partial charge in [-0.15, -0.1) is 12.4 Å². The normalized spacial score (nSPS) is 18.0. The number of nitrogens with two attached hydrogens (primary N) is 1. The molecule has 22 heavy (non-hydrogen) atoms. The number of nitrogens with zero attached hydrogens (tertiary/aromatic N) is 1. The summed E-state index contributed by atoms with van der Waals surface area (Å²) in [5.74, 6) is -1.50. The molecule has 0 spiro atoms. The Bertz CT molecular complexity index is 629. The predicted octanol–water partition coefficient (Wildman–Crippen LogP) is 2.38. The number of hydrogen-bond donors (Lipinski definition) is 1. The lowest BCUT2D eigenvalue weighted by atomic mass is 10.1. The Morgan fingerprint density at radius 3 is 2.23 bits per heavy atom. The van der Waals surface area contributed by atoms with Crippen LogP contribution < -0.4 is 5.73 Å². The molecule has 0 amide bonds. The Hall–Kier alpha value is -0.900. The summed E-state index contributed by atoms with van der Waals surface area (Å²) < 4.78 is 76.8. The summed E-state index contributed by atoms with van der Waals surface area (Å²) in [6.45, 7) is 0.282. The number of alkyl halides is 3. The smallest absolute Gasteiger partial charge is 0.328 e. The highest BCUT2D eigenvalue weighted by molar-refractivity contribution is 7.89. The van der Waals surface area contributed by atoms with Gasteiger partial charge >= 0.3 is 6.18 Å². The number of benzene rings is 1. The zero-order chi connectivity index (χ0) is 15.8. The van der Waals surface area contributed by atoms with Crippen molar-refractivity contribution in [3.05, 3.63) is 29.6 Å². The maximum Gasteiger partial charge on any atom is 0.419 e. The molecule has 2 N–H and O–H groups in total. The topological polar surface area (TPSA) is 63.4 Å². The molecule has 1 aromatic rings. The van der Waals surface area contributed by atoms with E-state index in [0.717, 1.165) is 10.4 Å². The molecule has 1 saturated heterocycles. The van der Waals surface area contributed by atoms with Gasteiger partial charge in [-0.2, -0.15) is 17.5 Å². The highest BCUT2D eigenvalue weighted by Crippen LogP contribution is 2.33. The summed E-state index contributed by atoms with van der Waals surface area (Å²) in [6, 6.07) is 1.58. The maximum atomic E-state index is 13.2. The Morgan fingerprint density at radius 2 is 1.73 bits per heavy atom. The first-order valence-electron chi connectivity index (χ1n) is 6.25. The first-order chi connectivity index (χ1) is 9.62. The van der Waals surface area contributed by atoms with Gasteiger partial charge in [0.05, 0.1) is 10.5 Å². The van der Waals surface area contributed by atoms with Crippen LogP contribution in [-0.4, -0.2) is 31.9 Å². The monoisotopic (exact) mass is 362 g/mol. The summed E-state index contributed by atoms with van der Waals surface area (Å²) in [5, 5.41) is 0. The van der Waals surface area contributed by atoms with Gasteiger partial charge in [0.1, 0.15) is 5.82 Å². The van der Waals surface area contributed by atoms with Crippen molar-refractivity contribution in [3.63, 3.8) is 0 Å². The molecule has 10 heteroatoms. The van der Waals surface area contributed by atoms with E-state index in [1.54, 1.807) is 0 Å². The van der Waals surface area contributed by atoms with Crippen LogP contribution in [0.2, 0.25) is 0 Å². The van der Waals surface area contributed by atoms with E-state index in [4.69, 9.17) is 5.73 Å². The summed E-state index contributed by atoms with van der Waals surface area (Å²) in [7, 11) is -4.07. The Balaban J connectivity index is 0.00000242. The summed E-state index contributed by atoms with van der Waals surface area (Å²) in [5.41, 5.74) is 4.07. The van der Waals surface area contributed by atoms with Crippen LogP contribution in [0.25, 0.3) is 0 Å². The van der Waals surface area contributed by atoms with Crippen molar-refractivity contribution in [2.45, 2.75) is 30.0 Å². The van der Waals surface area contributed by atoms with Crippen LogP contribution >= 0.6 is 12.4 Å². The summed E-state index contributed by atoms with van der Waals surface area (Å²) in [4.78, 5) is -0.563. The molecule has 0 saturated carbocycles. The van der Waals surface area contributed by atoms with Crippen molar-refractivity contribution in [1.29, 1.82) is 0 Å². The van der Waals surface area contributed by atoms with E-state index in [-0.39, 0.29) is 31.5 Å². The molecule has 0 unspecified atom stereocenters. The van der Waals surface area contributed by atoms with E-state index in [1.807, 2.05) is 0 Å². The molecule has 4 nitrogen and oxygen atoms in total. The highest BCUT2D eigenvalue weighted by atomic mass is 35.5. The molecular weight excluding hydrogens is 348 g/mol. The largest absolute Gasteiger partial charge is 0.419 e. The standard InChI is InChI=1S/C12H14F4N2O2S.ClH/c13-11-2-1-9(7-10(11)12(14,15)16)21(19,20)18-5-3-8(17)4-6-18;/h1-2,7-8H,3-6,17H2;1H. The quantitative estimate of drug-likeness (QED) is 0.822. The van der Waals surface area contributed by atoms with E-state index in [1.165, 1.54) is 0 Å². The lowest BCUT2D eigenvalue weighted by Gasteiger charge is -2.29. The van der Waals surface area contributed by atoms with Gasteiger partial charge in [-0.1, -0.05) is 0 Å². The van der Waals surface area contributed by atoms with Crippen LogP contribution in [-0.2, 0) is 16.2 Å². The molecule has 126 valence electrons. The fraction of sp³-hybridized carbons (Fsp3) is 0.500. The maximum absolute atomic E-state index is 13.2. The van der Waals surface area contributed by atoms with Crippen molar-refractivity contribution >= 4 is 22.4 Å². The number of halogens is 5. The lowest BCUT2D eigenvalue weighted by molar-refractivity contribution is -0.140. The van der Waals surface area contributed by atoms with Crippen LogP contribution in [0.4, 0.5) is 17.6 Å².